The second kappa shape index (κ2) is 7.16. The summed E-state index contributed by atoms with van der Waals surface area (Å²) >= 11 is 0. The lowest BCUT2D eigenvalue weighted by molar-refractivity contribution is -0.137. The van der Waals surface area contributed by atoms with Crippen LogP contribution < -0.4 is 5.32 Å². The van der Waals surface area contributed by atoms with Crippen LogP contribution in [-0.4, -0.2) is 10.5 Å². The van der Waals surface area contributed by atoms with E-state index in [0.717, 1.165) is 28.6 Å². The number of carbonyl (C=O) groups excluding carboxylic acids is 1. The molecule has 0 saturated carbocycles. The lowest BCUT2D eigenvalue weighted by atomic mass is 10.1. The first-order valence-corrected chi connectivity index (χ1v) is 8.92. The van der Waals surface area contributed by atoms with Crippen LogP contribution in [0.4, 0.5) is 18.9 Å². The molecule has 4 nitrogen and oxygen atoms in total. The van der Waals surface area contributed by atoms with Crippen molar-refractivity contribution < 1.29 is 22.4 Å². The number of hydrogen-bond donors (Lipinski definition) is 1. The molecule has 0 aliphatic heterocycles. The van der Waals surface area contributed by atoms with Gasteiger partial charge in [-0.3, -0.25) is 4.79 Å². The van der Waals surface area contributed by atoms with Crippen molar-refractivity contribution in [3.63, 3.8) is 0 Å². The second-order valence-corrected chi connectivity index (χ2v) is 6.73. The summed E-state index contributed by atoms with van der Waals surface area (Å²) < 4.78 is 45.4. The van der Waals surface area contributed by atoms with Crippen LogP contribution in [0.15, 0.2) is 71.5 Å². The number of benzene rings is 2. The number of anilines is 1. The number of amides is 1. The Kier molecular flexibility index (Phi) is 4.66. The molecule has 2 aromatic carbocycles. The minimum atomic E-state index is -4.36. The van der Waals surface area contributed by atoms with Crippen LogP contribution in [0.3, 0.4) is 0 Å². The number of aromatic nitrogens is 1. The molecule has 0 bridgehead atoms. The molecule has 0 atom stereocenters. The maximum absolute atomic E-state index is 12.8. The first kappa shape index (κ1) is 18.9. The maximum Gasteiger partial charge on any atom is 0.416 e. The highest BCUT2D eigenvalue weighted by molar-refractivity contribution is 6.09. The van der Waals surface area contributed by atoms with E-state index in [-0.39, 0.29) is 5.91 Å². The van der Waals surface area contributed by atoms with E-state index in [0.29, 0.717) is 23.6 Å². The number of para-hydroxylation sites is 1. The highest BCUT2D eigenvalue weighted by Gasteiger charge is 2.29. The molecule has 0 aliphatic carbocycles. The lowest BCUT2D eigenvalue weighted by Crippen LogP contribution is -2.11. The third-order valence-electron chi connectivity index (χ3n) is 4.77. The topological polar surface area (TPSA) is 47.2 Å². The Morgan fingerprint density at radius 2 is 1.79 bits per heavy atom. The number of furan rings is 1. The molecule has 1 amide bonds. The van der Waals surface area contributed by atoms with Crippen molar-refractivity contribution in [2.75, 3.05) is 5.32 Å². The summed E-state index contributed by atoms with van der Waals surface area (Å²) in [7, 11) is 0. The summed E-state index contributed by atoms with van der Waals surface area (Å²) in [6, 6.07) is 14.2. The smallest absolute Gasteiger partial charge is 0.416 e. The Morgan fingerprint density at radius 1 is 1.07 bits per heavy atom. The average molecular weight is 398 g/mol. The fourth-order valence-electron chi connectivity index (χ4n) is 3.28. The summed E-state index contributed by atoms with van der Waals surface area (Å²) in [6.45, 7) is 2.09. The fraction of sp³-hybridized carbons (Fsp3) is 0.136. The fourth-order valence-corrected chi connectivity index (χ4v) is 3.28. The summed E-state index contributed by atoms with van der Waals surface area (Å²) in [4.78, 5) is 12.6. The van der Waals surface area contributed by atoms with Crippen LogP contribution in [0.1, 0.15) is 27.2 Å². The molecular formula is C22H17F3N2O2. The Morgan fingerprint density at radius 3 is 2.45 bits per heavy atom. The number of hydrogen-bond acceptors (Lipinski definition) is 2. The van der Waals surface area contributed by atoms with E-state index in [1.807, 2.05) is 28.8 Å². The number of rotatable bonds is 4. The minimum Gasteiger partial charge on any atom is -0.469 e. The molecule has 7 heteroatoms. The molecule has 4 aromatic rings. The normalized spacial score (nSPS) is 11.7. The number of halogens is 3. The molecule has 0 spiro atoms. The van der Waals surface area contributed by atoms with Gasteiger partial charge in [0.25, 0.3) is 5.91 Å². The van der Waals surface area contributed by atoms with Gasteiger partial charge in [-0.15, -0.1) is 0 Å². The molecule has 2 aromatic heterocycles. The van der Waals surface area contributed by atoms with Gasteiger partial charge in [0.05, 0.1) is 28.6 Å². The summed E-state index contributed by atoms with van der Waals surface area (Å²) in [5.41, 5.74) is 1.98. The van der Waals surface area contributed by atoms with Crippen LogP contribution in [0.2, 0.25) is 0 Å². The standard InChI is InChI=1S/C22H17F3N2O2/c1-14-17(10-11-29-14)21(28)26-19-13-27(20-5-3-2-4-18(19)20)12-15-6-8-16(9-7-15)22(23,24)25/h2-11,13H,12H2,1H3,(H,26,28). The molecule has 0 radical (unpaired) electrons. The van der Waals surface area contributed by atoms with Gasteiger partial charge >= 0.3 is 6.18 Å². The number of carbonyl (C=O) groups is 1. The summed E-state index contributed by atoms with van der Waals surface area (Å²) in [5.74, 6) is 0.240. The van der Waals surface area contributed by atoms with Gasteiger partial charge in [0, 0.05) is 18.1 Å². The summed E-state index contributed by atoms with van der Waals surface area (Å²) in [5, 5.41) is 3.74. The Labute approximate surface area is 164 Å². The van der Waals surface area contributed by atoms with Crippen LogP contribution in [0, 0.1) is 6.92 Å². The molecule has 0 aliphatic rings. The van der Waals surface area contributed by atoms with Crippen molar-refractivity contribution in [1.29, 1.82) is 0 Å². The van der Waals surface area contributed by atoms with E-state index in [4.69, 9.17) is 4.42 Å². The number of nitrogens with zero attached hydrogens (tertiary/aromatic N) is 1. The van der Waals surface area contributed by atoms with Crippen molar-refractivity contribution >= 4 is 22.5 Å². The summed E-state index contributed by atoms with van der Waals surface area (Å²) in [6.07, 6.45) is -1.12. The lowest BCUT2D eigenvalue weighted by Gasteiger charge is -2.09. The predicted octanol–water partition coefficient (Wildman–Crippen LogP) is 5.86. The molecule has 0 saturated heterocycles. The number of aryl methyl sites for hydroxylation is 1. The average Bonchev–Trinajstić information content (AvgIpc) is 3.26. The first-order valence-electron chi connectivity index (χ1n) is 8.92. The molecule has 148 valence electrons. The van der Waals surface area contributed by atoms with E-state index in [1.165, 1.54) is 18.4 Å². The zero-order valence-corrected chi connectivity index (χ0v) is 15.5. The highest BCUT2D eigenvalue weighted by atomic mass is 19.4. The van der Waals surface area contributed by atoms with Gasteiger partial charge in [0.1, 0.15) is 5.76 Å². The molecule has 29 heavy (non-hydrogen) atoms. The largest absolute Gasteiger partial charge is 0.469 e. The van der Waals surface area contributed by atoms with E-state index < -0.39 is 11.7 Å². The zero-order chi connectivity index (χ0) is 20.6. The van der Waals surface area contributed by atoms with E-state index in [2.05, 4.69) is 5.32 Å². The van der Waals surface area contributed by atoms with Gasteiger partial charge in [-0.05, 0) is 36.8 Å². The van der Waals surface area contributed by atoms with Gasteiger partial charge in [-0.25, -0.2) is 0 Å². The highest BCUT2D eigenvalue weighted by Crippen LogP contribution is 2.30. The molecule has 4 rings (SSSR count). The van der Waals surface area contributed by atoms with Crippen molar-refractivity contribution in [3.8, 4) is 0 Å². The SMILES string of the molecule is Cc1occc1C(=O)Nc1cn(Cc2ccc(C(F)(F)F)cc2)c2ccccc12. The monoisotopic (exact) mass is 398 g/mol. The third-order valence-corrected chi connectivity index (χ3v) is 4.77. The quantitative estimate of drug-likeness (QED) is 0.468. The van der Waals surface area contributed by atoms with Gasteiger partial charge < -0.3 is 14.3 Å². The van der Waals surface area contributed by atoms with Gasteiger partial charge in [-0.1, -0.05) is 30.3 Å². The molecule has 0 unspecified atom stereocenters. The Bertz CT molecular complexity index is 1170. The van der Waals surface area contributed by atoms with E-state index >= 15 is 0 Å². The molecule has 1 N–H and O–H groups in total. The van der Waals surface area contributed by atoms with Crippen LogP contribution in [0.5, 0.6) is 0 Å². The van der Waals surface area contributed by atoms with Crippen LogP contribution in [0.25, 0.3) is 10.9 Å². The van der Waals surface area contributed by atoms with Crippen molar-refractivity contribution in [2.24, 2.45) is 0 Å². The number of nitrogens with one attached hydrogen (secondary N) is 1. The minimum absolute atomic E-state index is 0.284. The zero-order valence-electron chi connectivity index (χ0n) is 15.5. The van der Waals surface area contributed by atoms with Gasteiger partial charge in [0.2, 0.25) is 0 Å². The molecule has 2 heterocycles. The van der Waals surface area contributed by atoms with Crippen molar-refractivity contribution in [3.05, 3.63) is 89.5 Å². The Hall–Kier alpha value is -3.48. The number of alkyl halides is 3. The molecule has 0 fully saturated rings. The number of fused-ring (bicyclic) bond motifs is 1. The molecular weight excluding hydrogens is 381 g/mol. The third kappa shape index (κ3) is 3.76. The van der Waals surface area contributed by atoms with Crippen LogP contribution >= 0.6 is 0 Å². The second-order valence-electron chi connectivity index (χ2n) is 6.73. The Balaban J connectivity index is 1.64. The van der Waals surface area contributed by atoms with E-state index in [9.17, 15) is 18.0 Å². The van der Waals surface area contributed by atoms with E-state index in [1.54, 1.807) is 19.2 Å². The maximum atomic E-state index is 12.8. The van der Waals surface area contributed by atoms with Crippen molar-refractivity contribution in [1.82, 2.24) is 4.57 Å². The first-order chi connectivity index (χ1) is 13.8. The van der Waals surface area contributed by atoms with Gasteiger partial charge in [0.15, 0.2) is 0 Å². The van der Waals surface area contributed by atoms with Gasteiger partial charge in [-0.2, -0.15) is 13.2 Å². The van der Waals surface area contributed by atoms with Crippen molar-refractivity contribution in [2.45, 2.75) is 19.6 Å². The van der Waals surface area contributed by atoms with Crippen LogP contribution in [-0.2, 0) is 12.7 Å². The predicted molar refractivity (Wildman–Crippen MR) is 104 cm³/mol.